The molecule has 19 heavy (non-hydrogen) atoms. The molecule has 0 aromatic heterocycles. The van der Waals surface area contributed by atoms with Gasteiger partial charge in [-0.05, 0) is 29.7 Å². The number of nitrogens with two attached hydrogens (primary N) is 1. The molecule has 2 aromatic rings. The highest BCUT2D eigenvalue weighted by Crippen LogP contribution is 2.27. The molecule has 0 fully saturated rings. The molecular weight excluding hydrogens is 254 g/mol. The van der Waals surface area contributed by atoms with Crippen LogP contribution in [0.3, 0.4) is 0 Å². The highest BCUT2D eigenvalue weighted by molar-refractivity contribution is 6.30. The van der Waals surface area contributed by atoms with Crippen LogP contribution in [0.15, 0.2) is 54.6 Å². The molecule has 0 aliphatic carbocycles. The molecule has 2 rings (SSSR count). The summed E-state index contributed by atoms with van der Waals surface area (Å²) in [6.45, 7) is 4.39. The van der Waals surface area contributed by atoms with Crippen LogP contribution in [-0.2, 0) is 11.8 Å². The molecule has 2 aromatic carbocycles. The molecule has 0 bridgehead atoms. The van der Waals surface area contributed by atoms with Gasteiger partial charge < -0.3 is 5.73 Å². The Morgan fingerprint density at radius 2 is 1.58 bits per heavy atom. The standard InChI is InChI=1S/C17H20ClN/c1-17(2,14-6-4-3-5-7-14)16(19)12-13-8-10-15(18)11-9-13/h3-11,16H,12,19H2,1-2H3. The lowest BCUT2D eigenvalue weighted by Gasteiger charge is -2.32. The van der Waals surface area contributed by atoms with Gasteiger partial charge in [-0.1, -0.05) is 67.9 Å². The van der Waals surface area contributed by atoms with Gasteiger partial charge in [0.05, 0.1) is 0 Å². The van der Waals surface area contributed by atoms with Gasteiger partial charge in [-0.2, -0.15) is 0 Å². The van der Waals surface area contributed by atoms with Gasteiger partial charge in [0.1, 0.15) is 0 Å². The average Bonchev–Trinajstić information content (AvgIpc) is 2.42. The summed E-state index contributed by atoms with van der Waals surface area (Å²) in [6, 6.07) is 18.4. The summed E-state index contributed by atoms with van der Waals surface area (Å²) in [6.07, 6.45) is 0.846. The second kappa shape index (κ2) is 5.77. The van der Waals surface area contributed by atoms with Crippen molar-refractivity contribution in [3.05, 3.63) is 70.7 Å². The van der Waals surface area contributed by atoms with Crippen molar-refractivity contribution >= 4 is 11.6 Å². The molecule has 0 saturated carbocycles. The van der Waals surface area contributed by atoms with E-state index in [1.807, 2.05) is 30.3 Å². The lowest BCUT2D eigenvalue weighted by molar-refractivity contribution is 0.406. The first-order valence-corrected chi connectivity index (χ1v) is 6.93. The molecule has 1 nitrogen and oxygen atoms in total. The van der Waals surface area contributed by atoms with Crippen LogP contribution in [0.25, 0.3) is 0 Å². The average molecular weight is 274 g/mol. The van der Waals surface area contributed by atoms with Gasteiger partial charge in [0.25, 0.3) is 0 Å². The molecule has 0 spiro atoms. The molecular formula is C17H20ClN. The first-order chi connectivity index (χ1) is 9.00. The summed E-state index contributed by atoms with van der Waals surface area (Å²) in [4.78, 5) is 0. The Balaban J connectivity index is 2.15. The van der Waals surface area contributed by atoms with E-state index in [9.17, 15) is 0 Å². The van der Waals surface area contributed by atoms with Crippen LogP contribution in [-0.4, -0.2) is 6.04 Å². The fraction of sp³-hybridized carbons (Fsp3) is 0.294. The molecule has 1 unspecified atom stereocenters. The monoisotopic (exact) mass is 273 g/mol. The maximum atomic E-state index is 6.42. The molecule has 0 amide bonds. The maximum Gasteiger partial charge on any atom is 0.0406 e. The van der Waals surface area contributed by atoms with Crippen LogP contribution in [0.4, 0.5) is 0 Å². The lowest BCUT2D eigenvalue weighted by atomic mass is 9.76. The quantitative estimate of drug-likeness (QED) is 0.888. The predicted molar refractivity (Wildman–Crippen MR) is 82.6 cm³/mol. The summed E-state index contributed by atoms with van der Waals surface area (Å²) in [5, 5.41) is 0.764. The van der Waals surface area contributed by atoms with Crippen molar-refractivity contribution in [2.24, 2.45) is 5.73 Å². The van der Waals surface area contributed by atoms with Crippen molar-refractivity contribution in [2.45, 2.75) is 31.7 Å². The minimum absolute atomic E-state index is 0.0547. The molecule has 2 N–H and O–H groups in total. The lowest BCUT2D eigenvalue weighted by Crippen LogP contribution is -2.42. The SMILES string of the molecule is CC(C)(c1ccccc1)C(N)Cc1ccc(Cl)cc1. The fourth-order valence-corrected chi connectivity index (χ4v) is 2.34. The van der Waals surface area contributed by atoms with Crippen LogP contribution in [0.2, 0.25) is 5.02 Å². The Labute approximate surface area is 120 Å². The number of hydrogen-bond donors (Lipinski definition) is 1. The molecule has 100 valence electrons. The van der Waals surface area contributed by atoms with Crippen LogP contribution < -0.4 is 5.73 Å². The van der Waals surface area contributed by atoms with E-state index in [4.69, 9.17) is 17.3 Å². The largest absolute Gasteiger partial charge is 0.327 e. The third-order valence-electron chi connectivity index (χ3n) is 3.81. The number of halogens is 1. The van der Waals surface area contributed by atoms with E-state index >= 15 is 0 Å². The van der Waals surface area contributed by atoms with E-state index in [2.05, 4.69) is 38.1 Å². The number of hydrogen-bond acceptors (Lipinski definition) is 1. The Morgan fingerprint density at radius 1 is 1.00 bits per heavy atom. The summed E-state index contributed by atoms with van der Waals surface area (Å²) >= 11 is 5.90. The Morgan fingerprint density at radius 3 is 2.16 bits per heavy atom. The molecule has 0 aliphatic heterocycles. The second-order valence-electron chi connectivity index (χ2n) is 5.52. The molecule has 0 radical (unpaired) electrons. The summed E-state index contributed by atoms with van der Waals surface area (Å²) in [5.41, 5.74) is 8.86. The van der Waals surface area contributed by atoms with E-state index in [0.717, 1.165) is 11.4 Å². The van der Waals surface area contributed by atoms with Gasteiger partial charge in [-0.3, -0.25) is 0 Å². The van der Waals surface area contributed by atoms with E-state index in [1.54, 1.807) is 0 Å². The van der Waals surface area contributed by atoms with Gasteiger partial charge in [0.15, 0.2) is 0 Å². The maximum absolute atomic E-state index is 6.42. The summed E-state index contributed by atoms with van der Waals surface area (Å²) < 4.78 is 0. The summed E-state index contributed by atoms with van der Waals surface area (Å²) in [7, 11) is 0. The van der Waals surface area contributed by atoms with E-state index in [0.29, 0.717) is 0 Å². The van der Waals surface area contributed by atoms with Crippen molar-refractivity contribution in [1.29, 1.82) is 0 Å². The zero-order chi connectivity index (χ0) is 13.9. The van der Waals surface area contributed by atoms with E-state index in [-0.39, 0.29) is 11.5 Å². The predicted octanol–water partition coefficient (Wildman–Crippen LogP) is 4.19. The fourth-order valence-electron chi connectivity index (χ4n) is 2.21. The minimum Gasteiger partial charge on any atom is -0.327 e. The number of rotatable bonds is 4. The summed E-state index contributed by atoms with van der Waals surface area (Å²) in [5.74, 6) is 0. The van der Waals surface area contributed by atoms with Crippen molar-refractivity contribution in [2.75, 3.05) is 0 Å². The topological polar surface area (TPSA) is 26.0 Å². The van der Waals surface area contributed by atoms with Gasteiger partial charge in [0, 0.05) is 16.5 Å². The Bertz CT molecular complexity index is 517. The normalized spacial score (nSPS) is 13.3. The van der Waals surface area contributed by atoms with Gasteiger partial charge in [-0.15, -0.1) is 0 Å². The molecule has 2 heteroatoms. The third kappa shape index (κ3) is 3.37. The van der Waals surface area contributed by atoms with E-state index < -0.39 is 0 Å². The van der Waals surface area contributed by atoms with Crippen LogP contribution in [0.1, 0.15) is 25.0 Å². The minimum atomic E-state index is -0.0547. The zero-order valence-corrected chi connectivity index (χ0v) is 12.2. The van der Waals surface area contributed by atoms with Crippen molar-refractivity contribution in [3.8, 4) is 0 Å². The van der Waals surface area contributed by atoms with Gasteiger partial charge in [-0.25, -0.2) is 0 Å². The van der Waals surface area contributed by atoms with Crippen LogP contribution in [0.5, 0.6) is 0 Å². The van der Waals surface area contributed by atoms with Crippen LogP contribution >= 0.6 is 11.6 Å². The first-order valence-electron chi connectivity index (χ1n) is 6.55. The smallest absolute Gasteiger partial charge is 0.0406 e. The molecule has 0 heterocycles. The van der Waals surface area contributed by atoms with Crippen LogP contribution in [0, 0.1) is 0 Å². The highest BCUT2D eigenvalue weighted by Gasteiger charge is 2.28. The highest BCUT2D eigenvalue weighted by atomic mass is 35.5. The first kappa shape index (κ1) is 14.1. The second-order valence-corrected chi connectivity index (χ2v) is 5.96. The number of benzene rings is 2. The van der Waals surface area contributed by atoms with E-state index in [1.165, 1.54) is 11.1 Å². The van der Waals surface area contributed by atoms with Crippen molar-refractivity contribution in [1.82, 2.24) is 0 Å². The molecule has 1 atom stereocenters. The molecule has 0 aliphatic rings. The zero-order valence-electron chi connectivity index (χ0n) is 11.4. The third-order valence-corrected chi connectivity index (χ3v) is 4.07. The van der Waals surface area contributed by atoms with Gasteiger partial charge >= 0.3 is 0 Å². The Hall–Kier alpha value is -1.31. The molecule has 0 saturated heterocycles. The van der Waals surface area contributed by atoms with Gasteiger partial charge in [0.2, 0.25) is 0 Å². The Kier molecular flexibility index (Phi) is 4.28. The van der Waals surface area contributed by atoms with Crippen molar-refractivity contribution < 1.29 is 0 Å². The van der Waals surface area contributed by atoms with Crippen molar-refractivity contribution in [3.63, 3.8) is 0 Å².